The van der Waals surface area contributed by atoms with Gasteiger partial charge in [0.05, 0.1) is 16.9 Å². The first-order valence-electron chi connectivity index (χ1n) is 5.83. The van der Waals surface area contributed by atoms with Crippen LogP contribution in [-0.4, -0.2) is 36.4 Å². The maximum Gasteiger partial charge on any atom is 0.228 e. The molecule has 1 aromatic heterocycles. The van der Waals surface area contributed by atoms with Gasteiger partial charge in [0.1, 0.15) is 5.60 Å². The molecule has 18 heavy (non-hydrogen) atoms. The number of carbonyl (C=O) groups is 1. The van der Waals surface area contributed by atoms with Gasteiger partial charge in [-0.15, -0.1) is 11.3 Å². The fourth-order valence-electron chi connectivity index (χ4n) is 1.83. The summed E-state index contributed by atoms with van der Waals surface area (Å²) in [6.07, 6.45) is 0.562. The number of rotatable bonds is 4. The lowest BCUT2D eigenvalue weighted by Crippen LogP contribution is -2.44. The highest BCUT2D eigenvalue weighted by Crippen LogP contribution is 2.28. The first kappa shape index (κ1) is 13.8. The number of carbonyl (C=O) groups excluding carboxylic acids is 1. The van der Waals surface area contributed by atoms with E-state index in [4.69, 9.17) is 16.3 Å². The lowest BCUT2D eigenvalue weighted by Gasteiger charge is -2.21. The average molecular weight is 290 g/mol. The van der Waals surface area contributed by atoms with E-state index in [2.05, 4.69) is 5.32 Å². The Morgan fingerprint density at radius 3 is 3.06 bits per heavy atom. The van der Waals surface area contributed by atoms with Gasteiger partial charge in [-0.05, 0) is 19.1 Å². The van der Waals surface area contributed by atoms with Crippen molar-refractivity contribution < 1.29 is 14.6 Å². The Morgan fingerprint density at radius 1 is 1.72 bits per heavy atom. The van der Waals surface area contributed by atoms with Crippen LogP contribution < -0.4 is 5.32 Å². The van der Waals surface area contributed by atoms with Gasteiger partial charge in [0, 0.05) is 24.4 Å². The van der Waals surface area contributed by atoms with Crippen molar-refractivity contribution in [1.29, 1.82) is 0 Å². The molecule has 1 aromatic rings. The third-order valence-electron chi connectivity index (χ3n) is 3.09. The van der Waals surface area contributed by atoms with Crippen LogP contribution in [0.5, 0.6) is 0 Å². The highest BCUT2D eigenvalue weighted by atomic mass is 35.5. The molecule has 1 saturated heterocycles. The monoisotopic (exact) mass is 289 g/mol. The molecule has 0 aliphatic carbocycles. The molecule has 2 N–H and O–H groups in total. The second kappa shape index (κ2) is 5.57. The molecule has 1 amide bonds. The molecular weight excluding hydrogens is 274 g/mol. The topological polar surface area (TPSA) is 58.6 Å². The van der Waals surface area contributed by atoms with E-state index in [0.29, 0.717) is 17.4 Å². The van der Waals surface area contributed by atoms with E-state index < -0.39 is 5.60 Å². The number of ether oxygens (including phenoxy) is 1. The minimum absolute atomic E-state index is 0.103. The van der Waals surface area contributed by atoms with E-state index in [0.717, 1.165) is 4.88 Å². The van der Waals surface area contributed by atoms with Crippen LogP contribution in [-0.2, 0) is 9.53 Å². The van der Waals surface area contributed by atoms with Gasteiger partial charge in [-0.25, -0.2) is 0 Å². The van der Waals surface area contributed by atoms with Crippen molar-refractivity contribution in [2.75, 3.05) is 19.8 Å². The summed E-state index contributed by atoms with van der Waals surface area (Å²) in [5, 5.41) is 12.8. The molecule has 1 aliphatic rings. The predicted molar refractivity (Wildman–Crippen MR) is 71.1 cm³/mol. The van der Waals surface area contributed by atoms with Crippen molar-refractivity contribution in [1.82, 2.24) is 5.32 Å². The zero-order valence-electron chi connectivity index (χ0n) is 10.1. The quantitative estimate of drug-likeness (QED) is 0.888. The fourth-order valence-corrected chi connectivity index (χ4v) is 2.94. The summed E-state index contributed by atoms with van der Waals surface area (Å²) in [6, 6.07) is 3.63. The summed E-state index contributed by atoms with van der Waals surface area (Å²) in [5.74, 6) is -0.359. The molecule has 0 unspecified atom stereocenters. The summed E-state index contributed by atoms with van der Waals surface area (Å²) < 4.78 is 5.80. The van der Waals surface area contributed by atoms with Crippen molar-refractivity contribution in [2.45, 2.75) is 24.9 Å². The molecular formula is C12H16ClNO3S. The zero-order chi connectivity index (χ0) is 13.2. The Balaban J connectivity index is 1.88. The van der Waals surface area contributed by atoms with Gasteiger partial charge in [-0.1, -0.05) is 11.6 Å². The molecule has 0 spiro atoms. The SMILES string of the molecule is C[C@@H](C(=O)NC[C@]1(O)CCOC1)c1ccc(Cl)s1. The van der Waals surface area contributed by atoms with Gasteiger partial charge in [-0.3, -0.25) is 4.79 Å². The van der Waals surface area contributed by atoms with Crippen LogP contribution in [0.15, 0.2) is 12.1 Å². The smallest absolute Gasteiger partial charge is 0.228 e. The molecule has 0 saturated carbocycles. The van der Waals surface area contributed by atoms with E-state index in [1.165, 1.54) is 11.3 Å². The van der Waals surface area contributed by atoms with E-state index in [1.807, 2.05) is 13.0 Å². The van der Waals surface area contributed by atoms with E-state index >= 15 is 0 Å². The number of aliphatic hydroxyl groups is 1. The Morgan fingerprint density at radius 2 is 2.50 bits per heavy atom. The van der Waals surface area contributed by atoms with Crippen LogP contribution in [0.2, 0.25) is 4.34 Å². The van der Waals surface area contributed by atoms with Crippen LogP contribution in [0.4, 0.5) is 0 Å². The van der Waals surface area contributed by atoms with Crippen molar-refractivity contribution in [3.05, 3.63) is 21.3 Å². The second-order valence-corrected chi connectivity index (χ2v) is 6.35. The van der Waals surface area contributed by atoms with Crippen LogP contribution in [0.25, 0.3) is 0 Å². The number of thiophene rings is 1. The number of halogens is 1. The highest BCUT2D eigenvalue weighted by Gasteiger charge is 2.33. The van der Waals surface area contributed by atoms with Gasteiger partial charge in [0.25, 0.3) is 0 Å². The van der Waals surface area contributed by atoms with Gasteiger partial charge in [0.15, 0.2) is 0 Å². The molecule has 6 heteroatoms. The predicted octanol–water partition coefficient (Wildman–Crippen LogP) is 1.77. The highest BCUT2D eigenvalue weighted by molar-refractivity contribution is 7.16. The zero-order valence-corrected chi connectivity index (χ0v) is 11.7. The molecule has 1 fully saturated rings. The van der Waals surface area contributed by atoms with Crippen molar-refractivity contribution in [3.63, 3.8) is 0 Å². The molecule has 2 atom stereocenters. The van der Waals surface area contributed by atoms with Crippen LogP contribution in [0.1, 0.15) is 24.1 Å². The molecule has 2 rings (SSSR count). The molecule has 100 valence electrons. The number of hydrogen-bond acceptors (Lipinski definition) is 4. The van der Waals surface area contributed by atoms with Crippen LogP contribution in [0, 0.1) is 0 Å². The van der Waals surface area contributed by atoms with Crippen molar-refractivity contribution >= 4 is 28.8 Å². The van der Waals surface area contributed by atoms with Gasteiger partial charge in [0.2, 0.25) is 5.91 Å². The molecule has 4 nitrogen and oxygen atoms in total. The Hall–Kier alpha value is -0.620. The average Bonchev–Trinajstić information content (AvgIpc) is 2.95. The second-order valence-electron chi connectivity index (χ2n) is 4.61. The van der Waals surface area contributed by atoms with Crippen molar-refractivity contribution in [2.24, 2.45) is 0 Å². The fraction of sp³-hybridized carbons (Fsp3) is 0.583. The van der Waals surface area contributed by atoms with Gasteiger partial charge < -0.3 is 15.2 Å². The minimum Gasteiger partial charge on any atom is -0.386 e. The third kappa shape index (κ3) is 3.23. The Labute approximate surface area is 115 Å². The standard InChI is InChI=1S/C12H16ClNO3S/c1-8(9-2-3-10(13)18-9)11(15)14-6-12(16)4-5-17-7-12/h2-3,8,16H,4-7H2,1H3,(H,14,15)/t8-,12-/m1/s1. The molecule has 1 aliphatic heterocycles. The van der Waals surface area contributed by atoms with E-state index in [1.54, 1.807) is 6.07 Å². The van der Waals surface area contributed by atoms with Crippen LogP contribution >= 0.6 is 22.9 Å². The lowest BCUT2D eigenvalue weighted by molar-refractivity contribution is -0.123. The summed E-state index contributed by atoms with van der Waals surface area (Å²) in [6.45, 7) is 2.89. The number of amides is 1. The third-order valence-corrected chi connectivity index (χ3v) is 4.50. The van der Waals surface area contributed by atoms with Crippen molar-refractivity contribution in [3.8, 4) is 0 Å². The lowest BCUT2D eigenvalue weighted by atomic mass is 10.0. The summed E-state index contributed by atoms with van der Waals surface area (Å²) in [7, 11) is 0. The minimum atomic E-state index is -0.914. The Kier molecular flexibility index (Phi) is 4.27. The van der Waals surface area contributed by atoms with Gasteiger partial charge >= 0.3 is 0 Å². The first-order chi connectivity index (χ1) is 8.50. The normalized spacial score (nSPS) is 25.1. The summed E-state index contributed by atoms with van der Waals surface area (Å²) in [5.41, 5.74) is -0.914. The van der Waals surface area contributed by atoms with E-state index in [-0.39, 0.29) is 25.0 Å². The molecule has 0 aromatic carbocycles. The van der Waals surface area contributed by atoms with Gasteiger partial charge in [-0.2, -0.15) is 0 Å². The molecule has 0 bridgehead atoms. The van der Waals surface area contributed by atoms with E-state index in [9.17, 15) is 9.90 Å². The number of nitrogens with one attached hydrogen (secondary N) is 1. The van der Waals surface area contributed by atoms with Crippen LogP contribution in [0.3, 0.4) is 0 Å². The maximum absolute atomic E-state index is 12.0. The largest absolute Gasteiger partial charge is 0.386 e. The maximum atomic E-state index is 12.0. The summed E-state index contributed by atoms with van der Waals surface area (Å²) >= 11 is 7.24. The first-order valence-corrected chi connectivity index (χ1v) is 7.03. The number of hydrogen-bond donors (Lipinski definition) is 2. The molecule has 0 radical (unpaired) electrons. The Bertz CT molecular complexity index is 429. The molecule has 2 heterocycles. The summed E-state index contributed by atoms with van der Waals surface area (Å²) in [4.78, 5) is 12.9.